The Kier molecular flexibility index (Phi) is 4.18. The van der Waals surface area contributed by atoms with E-state index in [4.69, 9.17) is 4.74 Å². The summed E-state index contributed by atoms with van der Waals surface area (Å²) in [5.41, 5.74) is 0. The van der Waals surface area contributed by atoms with Crippen LogP contribution in [0.5, 0.6) is 0 Å². The van der Waals surface area contributed by atoms with E-state index < -0.39 is 0 Å². The first-order valence-corrected chi connectivity index (χ1v) is 4.83. The molecule has 0 spiro atoms. The van der Waals surface area contributed by atoms with Crippen molar-refractivity contribution < 1.29 is 9.53 Å². The van der Waals surface area contributed by atoms with Crippen molar-refractivity contribution in [1.82, 2.24) is 10.6 Å². The van der Waals surface area contributed by atoms with Gasteiger partial charge < -0.3 is 15.4 Å². The van der Waals surface area contributed by atoms with E-state index in [-0.39, 0.29) is 11.9 Å². The molecule has 1 fully saturated rings. The Bertz CT molecular complexity index is 169. The molecule has 4 nitrogen and oxygen atoms in total. The first-order chi connectivity index (χ1) is 6.22. The highest BCUT2D eigenvalue weighted by molar-refractivity contribution is 5.78. The highest BCUT2D eigenvalue weighted by Crippen LogP contribution is 1.98. The van der Waals surface area contributed by atoms with Crippen LogP contribution in [-0.2, 0) is 9.53 Å². The Hall–Kier alpha value is -0.610. The van der Waals surface area contributed by atoms with Crippen LogP contribution in [0.25, 0.3) is 0 Å². The number of carbonyl (C=O) groups excluding carboxylic acids is 1. The molecule has 1 aliphatic rings. The van der Waals surface area contributed by atoms with Crippen molar-refractivity contribution in [3.05, 3.63) is 0 Å². The maximum Gasteiger partial charge on any atom is 0.234 e. The van der Waals surface area contributed by atoms with E-state index in [0.29, 0.717) is 12.6 Å². The van der Waals surface area contributed by atoms with Crippen LogP contribution in [0.15, 0.2) is 0 Å². The zero-order chi connectivity index (χ0) is 9.68. The number of ether oxygens (including phenoxy) is 1. The van der Waals surface area contributed by atoms with E-state index in [2.05, 4.69) is 17.6 Å². The van der Waals surface area contributed by atoms with Crippen molar-refractivity contribution in [2.75, 3.05) is 19.8 Å². The Morgan fingerprint density at radius 2 is 2.31 bits per heavy atom. The van der Waals surface area contributed by atoms with Gasteiger partial charge in [-0.2, -0.15) is 0 Å². The van der Waals surface area contributed by atoms with Crippen molar-refractivity contribution in [2.45, 2.75) is 32.4 Å². The predicted molar refractivity (Wildman–Crippen MR) is 50.5 cm³/mol. The van der Waals surface area contributed by atoms with Gasteiger partial charge in [0.05, 0.1) is 25.8 Å². The molecule has 1 saturated heterocycles. The highest BCUT2D eigenvalue weighted by atomic mass is 16.5. The molecule has 0 aliphatic carbocycles. The molecule has 0 radical (unpaired) electrons. The summed E-state index contributed by atoms with van der Waals surface area (Å²) in [6, 6.07) is 0.648. The average Bonchev–Trinajstić information content (AvgIpc) is 2.01. The molecule has 0 aromatic heterocycles. The zero-order valence-corrected chi connectivity index (χ0v) is 8.30. The lowest BCUT2D eigenvalue weighted by molar-refractivity contribution is -0.121. The second-order valence-electron chi connectivity index (χ2n) is 3.49. The summed E-state index contributed by atoms with van der Waals surface area (Å²) in [5.74, 6) is 0.0706. The SMILES string of the molecule is CCC(C)NC(=O)CNC1COC1. The van der Waals surface area contributed by atoms with Gasteiger partial charge in [0.2, 0.25) is 5.91 Å². The van der Waals surface area contributed by atoms with Crippen molar-refractivity contribution >= 4 is 5.91 Å². The summed E-state index contributed by atoms with van der Waals surface area (Å²) < 4.78 is 4.98. The van der Waals surface area contributed by atoms with Gasteiger partial charge in [-0.1, -0.05) is 6.92 Å². The Labute approximate surface area is 79.0 Å². The number of rotatable bonds is 5. The molecule has 1 atom stereocenters. The third-order valence-electron chi connectivity index (χ3n) is 2.21. The third kappa shape index (κ3) is 3.74. The first-order valence-electron chi connectivity index (χ1n) is 4.83. The van der Waals surface area contributed by atoms with Crippen LogP contribution in [-0.4, -0.2) is 37.7 Å². The quantitative estimate of drug-likeness (QED) is 0.630. The maximum absolute atomic E-state index is 11.2. The summed E-state index contributed by atoms with van der Waals surface area (Å²) >= 11 is 0. The minimum absolute atomic E-state index is 0.0706. The Morgan fingerprint density at radius 3 is 2.77 bits per heavy atom. The van der Waals surface area contributed by atoms with Crippen LogP contribution in [0, 0.1) is 0 Å². The molecule has 1 unspecified atom stereocenters. The maximum atomic E-state index is 11.2. The van der Waals surface area contributed by atoms with Crippen LogP contribution in [0.4, 0.5) is 0 Å². The molecular weight excluding hydrogens is 168 g/mol. The van der Waals surface area contributed by atoms with Crippen molar-refractivity contribution in [3.8, 4) is 0 Å². The largest absolute Gasteiger partial charge is 0.378 e. The van der Waals surface area contributed by atoms with E-state index in [9.17, 15) is 4.79 Å². The molecule has 0 aromatic carbocycles. The molecule has 1 amide bonds. The minimum Gasteiger partial charge on any atom is -0.378 e. The number of nitrogens with one attached hydrogen (secondary N) is 2. The van der Waals surface area contributed by atoms with Gasteiger partial charge in [-0.25, -0.2) is 0 Å². The van der Waals surface area contributed by atoms with Gasteiger partial charge in [-0.05, 0) is 13.3 Å². The van der Waals surface area contributed by atoms with Crippen molar-refractivity contribution in [3.63, 3.8) is 0 Å². The standard InChI is InChI=1S/C9H18N2O2/c1-3-7(2)11-9(12)4-10-8-5-13-6-8/h7-8,10H,3-6H2,1-2H3,(H,11,12). The second-order valence-corrected chi connectivity index (χ2v) is 3.49. The summed E-state index contributed by atoms with van der Waals surface area (Å²) in [5, 5.41) is 6.00. The van der Waals surface area contributed by atoms with Gasteiger partial charge in [0.25, 0.3) is 0 Å². The normalized spacial score (nSPS) is 19.2. The molecule has 0 bridgehead atoms. The summed E-state index contributed by atoms with van der Waals surface area (Å²) in [7, 11) is 0. The monoisotopic (exact) mass is 186 g/mol. The second kappa shape index (κ2) is 5.19. The van der Waals surface area contributed by atoms with Gasteiger partial charge in [-0.15, -0.1) is 0 Å². The van der Waals surface area contributed by atoms with Gasteiger partial charge in [0, 0.05) is 6.04 Å². The smallest absolute Gasteiger partial charge is 0.234 e. The summed E-state index contributed by atoms with van der Waals surface area (Å²) in [6.45, 7) is 5.92. The fraction of sp³-hybridized carbons (Fsp3) is 0.889. The molecule has 4 heteroatoms. The topological polar surface area (TPSA) is 50.4 Å². The van der Waals surface area contributed by atoms with Gasteiger partial charge in [0.15, 0.2) is 0 Å². The average molecular weight is 186 g/mol. The lowest BCUT2D eigenvalue weighted by atomic mass is 10.2. The number of amides is 1. The summed E-state index contributed by atoms with van der Waals surface area (Å²) in [4.78, 5) is 11.2. The lowest BCUT2D eigenvalue weighted by Crippen LogP contribution is -2.50. The van der Waals surface area contributed by atoms with E-state index in [1.165, 1.54) is 0 Å². The molecule has 0 saturated carbocycles. The first kappa shape index (κ1) is 10.5. The number of carbonyl (C=O) groups is 1. The molecule has 13 heavy (non-hydrogen) atoms. The van der Waals surface area contributed by atoms with Crippen molar-refractivity contribution in [2.24, 2.45) is 0 Å². The molecule has 1 rings (SSSR count). The fourth-order valence-corrected chi connectivity index (χ4v) is 1.02. The van der Waals surface area contributed by atoms with Gasteiger partial charge in [-0.3, -0.25) is 4.79 Å². The molecule has 76 valence electrons. The Morgan fingerprint density at radius 1 is 1.62 bits per heavy atom. The molecule has 2 N–H and O–H groups in total. The van der Waals surface area contributed by atoms with E-state index >= 15 is 0 Å². The highest BCUT2D eigenvalue weighted by Gasteiger charge is 2.18. The van der Waals surface area contributed by atoms with Crippen LogP contribution < -0.4 is 10.6 Å². The van der Waals surface area contributed by atoms with Gasteiger partial charge in [0.1, 0.15) is 0 Å². The van der Waals surface area contributed by atoms with Gasteiger partial charge >= 0.3 is 0 Å². The third-order valence-corrected chi connectivity index (χ3v) is 2.21. The van der Waals surface area contributed by atoms with Crippen LogP contribution >= 0.6 is 0 Å². The zero-order valence-electron chi connectivity index (χ0n) is 8.30. The van der Waals surface area contributed by atoms with E-state index in [1.54, 1.807) is 0 Å². The molecular formula is C9H18N2O2. The number of hydrogen-bond acceptors (Lipinski definition) is 3. The molecule has 1 aliphatic heterocycles. The van der Waals surface area contributed by atoms with Crippen LogP contribution in [0.3, 0.4) is 0 Å². The minimum atomic E-state index is 0.0706. The van der Waals surface area contributed by atoms with E-state index in [1.807, 2.05) is 6.92 Å². The summed E-state index contributed by atoms with van der Waals surface area (Å²) in [6.07, 6.45) is 0.971. The predicted octanol–water partition coefficient (Wildman–Crippen LogP) is -0.110. The van der Waals surface area contributed by atoms with Crippen LogP contribution in [0.1, 0.15) is 20.3 Å². The van der Waals surface area contributed by atoms with Crippen molar-refractivity contribution in [1.29, 1.82) is 0 Å². The molecule has 1 heterocycles. The Balaban J connectivity index is 2.03. The molecule has 0 aromatic rings. The number of hydrogen-bond donors (Lipinski definition) is 2. The van der Waals surface area contributed by atoms with E-state index in [0.717, 1.165) is 19.6 Å². The van der Waals surface area contributed by atoms with Crippen LogP contribution in [0.2, 0.25) is 0 Å². The lowest BCUT2D eigenvalue weighted by Gasteiger charge is -2.26. The fourth-order valence-electron chi connectivity index (χ4n) is 1.02.